The normalized spacial score (nSPS) is 20.5. The molecule has 2 N–H and O–H groups in total. The molecule has 1 heterocycles. The van der Waals surface area contributed by atoms with Crippen LogP contribution in [0.5, 0.6) is 0 Å². The van der Waals surface area contributed by atoms with Gasteiger partial charge in [-0.1, -0.05) is 43.7 Å². The van der Waals surface area contributed by atoms with E-state index >= 15 is 0 Å². The topological polar surface area (TPSA) is 39.7 Å². The molecule has 1 aromatic carbocycles. The Hall–Kier alpha value is -1.55. The number of likely N-dealkylation sites (tertiary alicyclic amines) is 1. The number of hydrogen-bond acceptors (Lipinski definition) is 2. The summed E-state index contributed by atoms with van der Waals surface area (Å²) in [6, 6.07) is 9.39. The highest BCUT2D eigenvalue weighted by Gasteiger charge is 2.22. The Morgan fingerprint density at radius 1 is 1.39 bits per heavy atom. The van der Waals surface area contributed by atoms with Crippen LogP contribution in [0, 0.1) is 6.92 Å². The summed E-state index contributed by atoms with van der Waals surface area (Å²) in [6.45, 7) is 10.9. The number of aryl methyl sites for hydroxylation is 1. The zero-order valence-corrected chi connectivity index (χ0v) is 15.1. The summed E-state index contributed by atoms with van der Waals surface area (Å²) in [6.07, 6.45) is 2.61. The average molecular weight is 316 g/mol. The van der Waals surface area contributed by atoms with E-state index in [2.05, 4.69) is 65.6 Å². The van der Waals surface area contributed by atoms with Crippen molar-refractivity contribution in [1.82, 2.24) is 15.5 Å². The Kier molecular flexibility index (Phi) is 6.90. The lowest BCUT2D eigenvalue weighted by Gasteiger charge is -2.24. The van der Waals surface area contributed by atoms with Crippen molar-refractivity contribution in [3.05, 3.63) is 35.4 Å². The van der Waals surface area contributed by atoms with E-state index in [1.54, 1.807) is 0 Å². The molecule has 2 rings (SSSR count). The van der Waals surface area contributed by atoms with Crippen molar-refractivity contribution in [2.24, 2.45) is 4.99 Å². The Morgan fingerprint density at radius 3 is 2.91 bits per heavy atom. The molecule has 2 unspecified atom stereocenters. The van der Waals surface area contributed by atoms with Crippen LogP contribution in [-0.4, -0.2) is 50.1 Å². The summed E-state index contributed by atoms with van der Waals surface area (Å²) in [5.41, 5.74) is 2.69. The number of hydrogen-bond donors (Lipinski definition) is 2. The molecular formula is C19H32N4. The molecule has 4 heteroatoms. The quantitative estimate of drug-likeness (QED) is 0.626. The molecule has 1 aliphatic heterocycles. The maximum Gasteiger partial charge on any atom is 0.191 e. The molecule has 0 amide bonds. The fourth-order valence-electron chi connectivity index (χ4n) is 3.32. The molecule has 0 bridgehead atoms. The van der Waals surface area contributed by atoms with Gasteiger partial charge in [0.05, 0.1) is 0 Å². The van der Waals surface area contributed by atoms with Gasteiger partial charge >= 0.3 is 0 Å². The van der Waals surface area contributed by atoms with Crippen LogP contribution in [0.2, 0.25) is 0 Å². The minimum Gasteiger partial charge on any atom is -0.356 e. The zero-order valence-electron chi connectivity index (χ0n) is 15.1. The number of benzene rings is 1. The predicted molar refractivity (Wildman–Crippen MR) is 99.2 cm³/mol. The van der Waals surface area contributed by atoms with Gasteiger partial charge < -0.3 is 10.6 Å². The van der Waals surface area contributed by atoms with Gasteiger partial charge in [0.15, 0.2) is 5.96 Å². The first-order chi connectivity index (χ1) is 11.1. The Balaban J connectivity index is 1.78. The van der Waals surface area contributed by atoms with E-state index in [0.29, 0.717) is 12.0 Å². The fraction of sp³-hybridized carbons (Fsp3) is 0.632. The van der Waals surface area contributed by atoms with Crippen LogP contribution in [0.3, 0.4) is 0 Å². The summed E-state index contributed by atoms with van der Waals surface area (Å²) >= 11 is 0. The van der Waals surface area contributed by atoms with Gasteiger partial charge in [-0.3, -0.25) is 9.89 Å². The van der Waals surface area contributed by atoms with Crippen molar-refractivity contribution in [2.45, 2.75) is 45.6 Å². The molecule has 1 saturated heterocycles. The summed E-state index contributed by atoms with van der Waals surface area (Å²) in [5, 5.41) is 6.96. The third kappa shape index (κ3) is 5.24. The number of guanidine groups is 1. The second-order valence-corrected chi connectivity index (χ2v) is 6.57. The first-order valence-electron chi connectivity index (χ1n) is 8.89. The average Bonchev–Trinajstić information content (AvgIpc) is 3.02. The molecule has 0 aliphatic carbocycles. The zero-order chi connectivity index (χ0) is 16.7. The first-order valence-corrected chi connectivity index (χ1v) is 8.89. The monoisotopic (exact) mass is 316 g/mol. The number of nitrogens with one attached hydrogen (secondary N) is 2. The summed E-state index contributed by atoms with van der Waals surface area (Å²) in [4.78, 5) is 6.91. The maximum atomic E-state index is 4.36. The number of rotatable bonds is 6. The molecule has 0 spiro atoms. The lowest BCUT2D eigenvalue weighted by atomic mass is 9.99. The summed E-state index contributed by atoms with van der Waals surface area (Å²) < 4.78 is 0. The summed E-state index contributed by atoms with van der Waals surface area (Å²) in [5.74, 6) is 1.37. The lowest BCUT2D eigenvalue weighted by molar-refractivity contribution is 0.267. The predicted octanol–water partition coefficient (Wildman–Crippen LogP) is 2.75. The van der Waals surface area contributed by atoms with Crippen molar-refractivity contribution in [3.8, 4) is 0 Å². The van der Waals surface area contributed by atoms with Gasteiger partial charge in [-0.15, -0.1) is 0 Å². The molecule has 23 heavy (non-hydrogen) atoms. The van der Waals surface area contributed by atoms with E-state index in [-0.39, 0.29) is 0 Å². The number of nitrogens with zero attached hydrogens (tertiary/aromatic N) is 2. The molecule has 2 atom stereocenters. The molecule has 128 valence electrons. The minimum atomic E-state index is 0.465. The van der Waals surface area contributed by atoms with E-state index in [4.69, 9.17) is 0 Å². The van der Waals surface area contributed by atoms with E-state index in [1.807, 2.05) is 7.05 Å². The summed E-state index contributed by atoms with van der Waals surface area (Å²) in [7, 11) is 1.85. The van der Waals surface area contributed by atoms with Crippen LogP contribution in [-0.2, 0) is 0 Å². The van der Waals surface area contributed by atoms with Crippen molar-refractivity contribution >= 4 is 5.96 Å². The fourth-order valence-corrected chi connectivity index (χ4v) is 3.32. The Labute approximate surface area is 141 Å². The highest BCUT2D eigenvalue weighted by molar-refractivity contribution is 5.79. The smallest absolute Gasteiger partial charge is 0.191 e. The second kappa shape index (κ2) is 8.92. The molecule has 0 saturated carbocycles. The third-order valence-electron chi connectivity index (χ3n) is 4.82. The van der Waals surface area contributed by atoms with Crippen molar-refractivity contribution in [2.75, 3.05) is 33.2 Å². The molecular weight excluding hydrogens is 284 g/mol. The highest BCUT2D eigenvalue weighted by atomic mass is 15.2. The molecule has 0 radical (unpaired) electrons. The largest absolute Gasteiger partial charge is 0.356 e. The van der Waals surface area contributed by atoms with Gasteiger partial charge in [0.2, 0.25) is 0 Å². The van der Waals surface area contributed by atoms with Gasteiger partial charge in [-0.2, -0.15) is 0 Å². The molecule has 1 aliphatic rings. The van der Waals surface area contributed by atoms with Gasteiger partial charge in [-0.25, -0.2) is 0 Å². The van der Waals surface area contributed by atoms with Crippen molar-refractivity contribution < 1.29 is 0 Å². The van der Waals surface area contributed by atoms with Gasteiger partial charge in [0.25, 0.3) is 0 Å². The van der Waals surface area contributed by atoms with Crippen LogP contribution >= 0.6 is 0 Å². The van der Waals surface area contributed by atoms with E-state index in [9.17, 15) is 0 Å². The van der Waals surface area contributed by atoms with Crippen LogP contribution in [0.4, 0.5) is 0 Å². The Morgan fingerprint density at radius 2 is 2.22 bits per heavy atom. The van der Waals surface area contributed by atoms with E-state index in [1.165, 1.54) is 30.5 Å². The third-order valence-corrected chi connectivity index (χ3v) is 4.82. The molecule has 0 aromatic heterocycles. The van der Waals surface area contributed by atoms with Crippen LogP contribution < -0.4 is 10.6 Å². The van der Waals surface area contributed by atoms with Crippen LogP contribution in [0.15, 0.2) is 29.3 Å². The molecule has 1 fully saturated rings. The SMILES string of the molecule is CCN1CCCC1CNC(=NC)NCC(C)c1cccc(C)c1. The lowest BCUT2D eigenvalue weighted by Crippen LogP contribution is -2.45. The number of aliphatic imine (C=N–C) groups is 1. The van der Waals surface area contributed by atoms with E-state index in [0.717, 1.165) is 25.6 Å². The second-order valence-electron chi connectivity index (χ2n) is 6.57. The van der Waals surface area contributed by atoms with Gasteiger partial charge in [-0.05, 0) is 44.3 Å². The highest BCUT2D eigenvalue weighted by Crippen LogP contribution is 2.16. The number of likely N-dealkylation sites (N-methyl/N-ethyl adjacent to an activating group) is 1. The minimum absolute atomic E-state index is 0.465. The Bertz CT molecular complexity index is 512. The van der Waals surface area contributed by atoms with E-state index < -0.39 is 0 Å². The van der Waals surface area contributed by atoms with Crippen LogP contribution in [0.1, 0.15) is 43.7 Å². The van der Waals surface area contributed by atoms with Crippen LogP contribution in [0.25, 0.3) is 0 Å². The maximum absolute atomic E-state index is 4.36. The first kappa shape index (κ1) is 17.8. The van der Waals surface area contributed by atoms with Crippen molar-refractivity contribution in [3.63, 3.8) is 0 Å². The van der Waals surface area contributed by atoms with Gasteiger partial charge in [0, 0.05) is 26.2 Å². The molecule has 4 nitrogen and oxygen atoms in total. The molecule has 1 aromatic rings. The standard InChI is InChI=1S/C19H32N4/c1-5-23-11-7-10-18(23)14-22-19(20-4)21-13-16(3)17-9-6-8-15(2)12-17/h6,8-9,12,16,18H,5,7,10-11,13-14H2,1-4H3,(H2,20,21,22). The van der Waals surface area contributed by atoms with Crippen molar-refractivity contribution in [1.29, 1.82) is 0 Å². The van der Waals surface area contributed by atoms with Gasteiger partial charge in [0.1, 0.15) is 0 Å².